The lowest BCUT2D eigenvalue weighted by atomic mass is 10.1. The Balaban J connectivity index is 1.90. The SMILES string of the molecule is COc1ccc(N(CC(=O)N[C@@H](C)c2ccc(S(C)(=O)=O)cc2)S(=O)(=O)c2ccc(C)cc2)cc1Cl. The number of ether oxygens (including phenoxy) is 1. The number of sulfonamides is 1. The van der Waals surface area contributed by atoms with Crippen LogP contribution in [0.5, 0.6) is 5.75 Å². The molecule has 0 fully saturated rings. The van der Waals surface area contributed by atoms with Gasteiger partial charge in [-0.25, -0.2) is 16.8 Å². The zero-order valence-corrected chi connectivity index (χ0v) is 22.6. The number of hydrogen-bond acceptors (Lipinski definition) is 6. The highest BCUT2D eigenvalue weighted by atomic mass is 35.5. The minimum Gasteiger partial charge on any atom is -0.495 e. The first-order valence-corrected chi connectivity index (χ1v) is 14.6. The van der Waals surface area contributed by atoms with Gasteiger partial charge >= 0.3 is 0 Å². The smallest absolute Gasteiger partial charge is 0.264 e. The highest BCUT2D eigenvalue weighted by Crippen LogP contribution is 2.32. The van der Waals surface area contributed by atoms with Gasteiger partial charge in [-0.05, 0) is 61.9 Å². The lowest BCUT2D eigenvalue weighted by Gasteiger charge is -2.25. The third-order valence-electron chi connectivity index (χ3n) is 5.51. The highest BCUT2D eigenvalue weighted by Gasteiger charge is 2.28. The molecule has 3 rings (SSSR count). The van der Waals surface area contributed by atoms with Crippen molar-refractivity contribution >= 4 is 43.1 Å². The van der Waals surface area contributed by atoms with Gasteiger partial charge in [0.1, 0.15) is 12.3 Å². The van der Waals surface area contributed by atoms with E-state index in [-0.39, 0.29) is 20.5 Å². The van der Waals surface area contributed by atoms with Crippen LogP contribution in [-0.4, -0.2) is 42.7 Å². The molecule has 36 heavy (non-hydrogen) atoms. The maximum atomic E-state index is 13.5. The predicted molar refractivity (Wildman–Crippen MR) is 140 cm³/mol. The zero-order chi connectivity index (χ0) is 26.7. The van der Waals surface area contributed by atoms with E-state index in [2.05, 4.69) is 5.32 Å². The van der Waals surface area contributed by atoms with Crippen LogP contribution < -0.4 is 14.4 Å². The van der Waals surface area contributed by atoms with E-state index in [4.69, 9.17) is 16.3 Å². The summed E-state index contributed by atoms with van der Waals surface area (Å²) in [5.74, 6) is -0.193. The van der Waals surface area contributed by atoms with Crippen LogP contribution in [0.25, 0.3) is 0 Å². The molecular weight excluding hydrogens is 524 g/mol. The normalized spacial score (nSPS) is 12.6. The number of carbonyl (C=O) groups is 1. The van der Waals surface area contributed by atoms with Crippen molar-refractivity contribution in [1.29, 1.82) is 0 Å². The molecule has 0 bridgehead atoms. The molecule has 3 aromatic rings. The summed E-state index contributed by atoms with van der Waals surface area (Å²) in [7, 11) is -6.02. The molecule has 1 N–H and O–H groups in total. The first-order valence-electron chi connectivity index (χ1n) is 10.9. The third kappa shape index (κ3) is 6.37. The summed E-state index contributed by atoms with van der Waals surface area (Å²) in [6.07, 6.45) is 1.11. The number of carbonyl (C=O) groups excluding carboxylic acids is 1. The van der Waals surface area contributed by atoms with Crippen molar-refractivity contribution < 1.29 is 26.4 Å². The number of aryl methyl sites for hydroxylation is 1. The van der Waals surface area contributed by atoms with Crippen LogP contribution >= 0.6 is 11.6 Å². The molecule has 192 valence electrons. The van der Waals surface area contributed by atoms with Gasteiger partial charge in [-0.15, -0.1) is 0 Å². The van der Waals surface area contributed by atoms with Gasteiger partial charge in [0, 0.05) is 6.26 Å². The Kier molecular flexibility index (Phi) is 8.33. The van der Waals surface area contributed by atoms with Crippen molar-refractivity contribution in [2.45, 2.75) is 29.7 Å². The van der Waals surface area contributed by atoms with E-state index in [9.17, 15) is 21.6 Å². The van der Waals surface area contributed by atoms with Crippen LogP contribution in [0.1, 0.15) is 24.1 Å². The van der Waals surface area contributed by atoms with Crippen LogP contribution in [0.4, 0.5) is 5.69 Å². The molecule has 0 heterocycles. The second kappa shape index (κ2) is 10.9. The van der Waals surface area contributed by atoms with Crippen molar-refractivity contribution in [3.8, 4) is 5.75 Å². The first-order chi connectivity index (χ1) is 16.8. The minimum absolute atomic E-state index is 0.0252. The molecule has 0 saturated heterocycles. The largest absolute Gasteiger partial charge is 0.495 e. The molecule has 1 atom stereocenters. The van der Waals surface area contributed by atoms with Gasteiger partial charge in [0.15, 0.2) is 9.84 Å². The van der Waals surface area contributed by atoms with Crippen LogP contribution in [0.2, 0.25) is 5.02 Å². The van der Waals surface area contributed by atoms with Gasteiger partial charge in [-0.1, -0.05) is 41.4 Å². The lowest BCUT2D eigenvalue weighted by Crippen LogP contribution is -2.41. The van der Waals surface area contributed by atoms with Crippen molar-refractivity contribution in [2.75, 3.05) is 24.2 Å². The Morgan fingerprint density at radius 3 is 2.08 bits per heavy atom. The molecule has 0 radical (unpaired) electrons. The maximum absolute atomic E-state index is 13.5. The van der Waals surface area contributed by atoms with Crippen molar-refractivity contribution in [3.63, 3.8) is 0 Å². The van der Waals surface area contributed by atoms with Crippen LogP contribution in [0.3, 0.4) is 0 Å². The van der Waals surface area contributed by atoms with Gasteiger partial charge in [0.2, 0.25) is 5.91 Å². The maximum Gasteiger partial charge on any atom is 0.264 e. The number of sulfone groups is 1. The Morgan fingerprint density at radius 1 is 0.972 bits per heavy atom. The number of rotatable bonds is 9. The standard InChI is InChI=1S/C25H27ClN2O6S2/c1-17-5-10-22(11-6-17)36(32,33)28(20-9-14-24(34-3)23(26)15-20)16-25(29)27-18(2)19-7-12-21(13-8-19)35(4,30)31/h5-15,18H,16H2,1-4H3,(H,27,29)/t18-/m0/s1. The average molecular weight is 551 g/mol. The number of nitrogens with zero attached hydrogens (tertiary/aromatic N) is 1. The molecule has 0 spiro atoms. The predicted octanol–water partition coefficient (Wildman–Crippen LogP) is 4.13. The van der Waals surface area contributed by atoms with Gasteiger partial charge in [-0.2, -0.15) is 0 Å². The number of nitrogens with one attached hydrogen (secondary N) is 1. The van der Waals surface area contributed by atoms with E-state index < -0.39 is 38.4 Å². The molecule has 8 nitrogen and oxygen atoms in total. The Labute approximate surface area is 216 Å². The zero-order valence-electron chi connectivity index (χ0n) is 20.2. The van der Waals surface area contributed by atoms with E-state index in [1.807, 2.05) is 6.92 Å². The second-order valence-electron chi connectivity index (χ2n) is 8.27. The number of anilines is 1. The van der Waals surface area contributed by atoms with Crippen LogP contribution in [0, 0.1) is 6.92 Å². The number of benzene rings is 3. The van der Waals surface area contributed by atoms with E-state index >= 15 is 0 Å². The monoisotopic (exact) mass is 550 g/mol. The fourth-order valence-corrected chi connectivity index (χ4v) is 5.76. The third-order valence-corrected chi connectivity index (χ3v) is 8.72. The van der Waals surface area contributed by atoms with Crippen molar-refractivity contribution in [3.05, 3.63) is 82.9 Å². The molecule has 0 aliphatic rings. The molecule has 3 aromatic carbocycles. The van der Waals surface area contributed by atoms with E-state index in [1.54, 1.807) is 31.2 Å². The summed E-state index contributed by atoms with van der Waals surface area (Å²) >= 11 is 6.25. The molecule has 0 aliphatic carbocycles. The number of halogens is 1. The molecule has 0 aromatic heterocycles. The molecular formula is C25H27ClN2O6S2. The molecule has 1 amide bonds. The fraction of sp³-hybridized carbons (Fsp3) is 0.240. The summed E-state index contributed by atoms with van der Waals surface area (Å²) in [4.78, 5) is 13.2. The van der Waals surface area contributed by atoms with Gasteiger partial charge in [0.25, 0.3) is 10.0 Å². The number of methoxy groups -OCH3 is 1. The van der Waals surface area contributed by atoms with E-state index in [1.165, 1.54) is 49.6 Å². The quantitative estimate of drug-likeness (QED) is 0.429. The Hall–Kier alpha value is -3.08. The highest BCUT2D eigenvalue weighted by molar-refractivity contribution is 7.93. The van der Waals surface area contributed by atoms with Crippen molar-refractivity contribution in [1.82, 2.24) is 5.32 Å². The van der Waals surface area contributed by atoms with Crippen molar-refractivity contribution in [2.24, 2.45) is 0 Å². The minimum atomic E-state index is -4.12. The Morgan fingerprint density at radius 2 is 1.56 bits per heavy atom. The van der Waals surface area contributed by atoms with E-state index in [0.717, 1.165) is 16.1 Å². The summed E-state index contributed by atoms with van der Waals surface area (Å²) in [6, 6.07) is 16.4. The molecule has 0 aliphatic heterocycles. The summed E-state index contributed by atoms with van der Waals surface area (Å²) in [5, 5.41) is 2.97. The fourth-order valence-electron chi connectivity index (χ4n) is 3.47. The topological polar surface area (TPSA) is 110 Å². The molecule has 0 saturated carbocycles. The number of amides is 1. The Bertz CT molecular complexity index is 1460. The summed E-state index contributed by atoms with van der Waals surface area (Å²) in [6.45, 7) is 3.05. The van der Waals surface area contributed by atoms with E-state index in [0.29, 0.717) is 11.3 Å². The summed E-state index contributed by atoms with van der Waals surface area (Å²) in [5.41, 5.74) is 1.75. The lowest BCUT2D eigenvalue weighted by molar-refractivity contribution is -0.120. The number of hydrogen-bond donors (Lipinski definition) is 1. The molecule has 0 unspecified atom stereocenters. The van der Waals surface area contributed by atoms with Crippen LogP contribution in [-0.2, 0) is 24.7 Å². The first kappa shape index (κ1) is 27.5. The van der Waals surface area contributed by atoms with Gasteiger partial charge in [0.05, 0.1) is 33.7 Å². The molecule has 11 heteroatoms. The second-order valence-corrected chi connectivity index (χ2v) is 12.6. The van der Waals surface area contributed by atoms with Gasteiger partial charge in [-0.3, -0.25) is 9.10 Å². The average Bonchev–Trinajstić information content (AvgIpc) is 2.82. The summed E-state index contributed by atoms with van der Waals surface area (Å²) < 4.78 is 56.6. The van der Waals surface area contributed by atoms with Gasteiger partial charge < -0.3 is 10.1 Å². The van der Waals surface area contributed by atoms with Crippen LogP contribution in [0.15, 0.2) is 76.5 Å².